The van der Waals surface area contributed by atoms with Gasteiger partial charge in [0, 0.05) is 32.3 Å². The second-order valence-electron chi connectivity index (χ2n) is 5.93. The molecule has 6 heteroatoms. The molecule has 2 atom stereocenters. The van der Waals surface area contributed by atoms with Crippen molar-refractivity contribution in [2.45, 2.75) is 52.7 Å². The van der Waals surface area contributed by atoms with Crippen molar-refractivity contribution in [1.82, 2.24) is 15.5 Å². The van der Waals surface area contributed by atoms with Crippen LogP contribution in [0.2, 0.25) is 0 Å². The van der Waals surface area contributed by atoms with Gasteiger partial charge in [-0.1, -0.05) is 13.8 Å². The number of nitrogens with one attached hydrogen (secondary N) is 2. The number of aliphatic imine (C=N–C) groups is 1. The molecule has 1 aliphatic rings. The van der Waals surface area contributed by atoms with E-state index < -0.39 is 0 Å². The predicted molar refractivity (Wildman–Crippen MR) is 96.2 cm³/mol. The van der Waals surface area contributed by atoms with E-state index in [9.17, 15) is 0 Å². The molecule has 2 N–H and O–H groups in total. The summed E-state index contributed by atoms with van der Waals surface area (Å²) in [5.41, 5.74) is 0. The minimum atomic E-state index is 0.298. The third-order valence-electron chi connectivity index (χ3n) is 4.15. The van der Waals surface area contributed by atoms with Crippen LogP contribution in [0.4, 0.5) is 0 Å². The van der Waals surface area contributed by atoms with Gasteiger partial charge < -0.3 is 20.1 Å². The monoisotopic (exact) mass is 328 g/mol. The highest BCUT2D eigenvalue weighted by molar-refractivity contribution is 5.79. The zero-order chi connectivity index (χ0) is 16.9. The van der Waals surface area contributed by atoms with Crippen molar-refractivity contribution < 1.29 is 9.47 Å². The Bertz CT molecular complexity index is 316. The molecular weight excluding hydrogens is 292 g/mol. The van der Waals surface area contributed by atoms with E-state index in [0.29, 0.717) is 12.1 Å². The second-order valence-corrected chi connectivity index (χ2v) is 5.93. The highest BCUT2D eigenvalue weighted by atomic mass is 16.5. The van der Waals surface area contributed by atoms with Crippen LogP contribution in [-0.4, -0.2) is 75.5 Å². The van der Waals surface area contributed by atoms with Crippen molar-refractivity contribution in [3.63, 3.8) is 0 Å². The lowest BCUT2D eigenvalue weighted by atomic mass is 10.3. The lowest BCUT2D eigenvalue weighted by molar-refractivity contribution is 0.0420. The van der Waals surface area contributed by atoms with Crippen LogP contribution in [0.25, 0.3) is 0 Å². The van der Waals surface area contributed by atoms with Gasteiger partial charge in [0.1, 0.15) is 0 Å². The van der Waals surface area contributed by atoms with E-state index in [-0.39, 0.29) is 0 Å². The fraction of sp³-hybridized carbons (Fsp3) is 0.941. The molecule has 0 radical (unpaired) electrons. The molecular formula is C17H36N4O2. The van der Waals surface area contributed by atoms with Gasteiger partial charge in [-0.05, 0) is 39.8 Å². The molecule has 0 aromatic rings. The molecule has 0 spiro atoms. The van der Waals surface area contributed by atoms with Gasteiger partial charge in [0.25, 0.3) is 0 Å². The number of likely N-dealkylation sites (N-methyl/N-ethyl adjacent to an activating group) is 1. The molecule has 0 aromatic carbocycles. The van der Waals surface area contributed by atoms with Crippen molar-refractivity contribution in [2.24, 2.45) is 4.99 Å². The van der Waals surface area contributed by atoms with Gasteiger partial charge in [-0.25, -0.2) is 0 Å². The first-order chi connectivity index (χ1) is 11.2. The second kappa shape index (κ2) is 12.6. The average Bonchev–Trinajstić information content (AvgIpc) is 3.06. The average molecular weight is 329 g/mol. The number of hydrogen-bond donors (Lipinski definition) is 2. The maximum atomic E-state index is 5.77. The smallest absolute Gasteiger partial charge is 0.191 e. The normalized spacial score (nSPS) is 20.0. The first-order valence-electron chi connectivity index (χ1n) is 9.16. The molecule has 0 saturated carbocycles. The van der Waals surface area contributed by atoms with Gasteiger partial charge in [0.15, 0.2) is 5.96 Å². The lowest BCUT2D eigenvalue weighted by Gasteiger charge is -2.25. The van der Waals surface area contributed by atoms with Crippen LogP contribution in [0.15, 0.2) is 4.99 Å². The third kappa shape index (κ3) is 8.53. The van der Waals surface area contributed by atoms with Crippen molar-refractivity contribution in [1.29, 1.82) is 0 Å². The lowest BCUT2D eigenvalue weighted by Crippen LogP contribution is -2.40. The van der Waals surface area contributed by atoms with Gasteiger partial charge in [-0.15, -0.1) is 0 Å². The van der Waals surface area contributed by atoms with Crippen molar-refractivity contribution in [2.75, 3.05) is 52.5 Å². The molecule has 0 aliphatic carbocycles. The van der Waals surface area contributed by atoms with Gasteiger partial charge in [0.2, 0.25) is 0 Å². The van der Waals surface area contributed by atoms with Gasteiger partial charge in [-0.2, -0.15) is 0 Å². The van der Waals surface area contributed by atoms with E-state index in [1.165, 1.54) is 0 Å². The van der Waals surface area contributed by atoms with Crippen molar-refractivity contribution >= 4 is 5.96 Å². The Labute approximate surface area is 142 Å². The molecule has 1 saturated heterocycles. The molecule has 0 amide bonds. The number of ether oxygens (including phenoxy) is 2. The first kappa shape index (κ1) is 20.2. The molecule has 0 bridgehead atoms. The van der Waals surface area contributed by atoms with Crippen LogP contribution in [-0.2, 0) is 9.47 Å². The maximum absolute atomic E-state index is 5.77. The van der Waals surface area contributed by atoms with Crippen LogP contribution in [0, 0.1) is 0 Å². The Hall–Kier alpha value is -0.850. The molecule has 23 heavy (non-hydrogen) atoms. The largest absolute Gasteiger partial charge is 0.379 e. The quantitative estimate of drug-likeness (QED) is 0.342. The number of hydrogen-bond acceptors (Lipinski definition) is 4. The van der Waals surface area contributed by atoms with Gasteiger partial charge >= 0.3 is 0 Å². The fourth-order valence-electron chi connectivity index (χ4n) is 2.70. The summed E-state index contributed by atoms with van der Waals surface area (Å²) >= 11 is 0. The van der Waals surface area contributed by atoms with Crippen LogP contribution >= 0.6 is 0 Å². The summed E-state index contributed by atoms with van der Waals surface area (Å²) in [4.78, 5) is 7.12. The highest BCUT2D eigenvalue weighted by Gasteiger charge is 2.15. The highest BCUT2D eigenvalue weighted by Crippen LogP contribution is 2.07. The molecule has 1 fully saturated rings. The summed E-state index contributed by atoms with van der Waals surface area (Å²) in [6.45, 7) is 15.8. The molecule has 1 aliphatic heterocycles. The van der Waals surface area contributed by atoms with Gasteiger partial charge in [0.05, 0.1) is 19.3 Å². The molecule has 6 nitrogen and oxygen atoms in total. The van der Waals surface area contributed by atoms with Crippen molar-refractivity contribution in [3.05, 3.63) is 0 Å². The predicted octanol–water partition coefficient (Wildman–Crippen LogP) is 1.47. The van der Waals surface area contributed by atoms with Crippen LogP contribution in [0.5, 0.6) is 0 Å². The zero-order valence-electron chi connectivity index (χ0n) is 15.4. The van der Waals surface area contributed by atoms with Crippen LogP contribution < -0.4 is 10.6 Å². The molecule has 1 rings (SSSR count). The third-order valence-corrected chi connectivity index (χ3v) is 4.15. The Morgan fingerprint density at radius 2 is 2.09 bits per heavy atom. The van der Waals surface area contributed by atoms with Crippen LogP contribution in [0.3, 0.4) is 0 Å². The maximum Gasteiger partial charge on any atom is 0.191 e. The Kier molecular flexibility index (Phi) is 11.0. The van der Waals surface area contributed by atoms with E-state index in [4.69, 9.17) is 14.5 Å². The number of nitrogens with zero attached hydrogens (tertiary/aromatic N) is 2. The zero-order valence-corrected chi connectivity index (χ0v) is 15.4. The standard InChI is InChI=1S/C17H36N4O2/c1-5-18-17(20-13-15(4)21(6-2)7-3)19-10-8-11-23-16-9-12-22-14-16/h15-16H,5-14H2,1-4H3,(H2,18,19,20). The summed E-state index contributed by atoms with van der Waals surface area (Å²) in [5, 5.41) is 6.69. The summed E-state index contributed by atoms with van der Waals surface area (Å²) in [7, 11) is 0. The number of rotatable bonds is 11. The minimum Gasteiger partial charge on any atom is -0.379 e. The van der Waals surface area contributed by atoms with E-state index >= 15 is 0 Å². The number of guanidine groups is 1. The van der Waals surface area contributed by atoms with Gasteiger partial charge in [-0.3, -0.25) is 9.89 Å². The Morgan fingerprint density at radius 3 is 2.70 bits per heavy atom. The molecule has 1 heterocycles. The van der Waals surface area contributed by atoms with E-state index in [1.54, 1.807) is 0 Å². The van der Waals surface area contributed by atoms with E-state index in [2.05, 4.69) is 43.2 Å². The molecule has 0 aromatic heterocycles. The van der Waals surface area contributed by atoms with Crippen LogP contribution in [0.1, 0.15) is 40.5 Å². The summed E-state index contributed by atoms with van der Waals surface area (Å²) in [6, 6.07) is 0.464. The SMILES string of the molecule is CCNC(=NCC(C)N(CC)CC)NCCCOC1CCOC1. The Balaban J connectivity index is 2.22. The summed E-state index contributed by atoms with van der Waals surface area (Å²) in [5.74, 6) is 0.899. The Morgan fingerprint density at radius 1 is 1.30 bits per heavy atom. The van der Waals surface area contributed by atoms with E-state index in [1.807, 2.05) is 0 Å². The summed E-state index contributed by atoms with van der Waals surface area (Å²) in [6.07, 6.45) is 2.31. The first-order valence-corrected chi connectivity index (χ1v) is 9.16. The fourth-order valence-corrected chi connectivity index (χ4v) is 2.70. The van der Waals surface area contributed by atoms with Crippen molar-refractivity contribution in [3.8, 4) is 0 Å². The minimum absolute atomic E-state index is 0.298. The summed E-state index contributed by atoms with van der Waals surface area (Å²) < 4.78 is 11.1. The van der Waals surface area contributed by atoms with E-state index in [0.717, 1.165) is 71.3 Å². The molecule has 2 unspecified atom stereocenters. The molecule has 136 valence electrons. The topological polar surface area (TPSA) is 58.1 Å².